The van der Waals surface area contributed by atoms with Crippen molar-refractivity contribution in [3.05, 3.63) is 52.2 Å². The molecule has 0 radical (unpaired) electrons. The zero-order valence-electron chi connectivity index (χ0n) is 13.5. The molecular weight excluding hydrogens is 306 g/mol. The van der Waals surface area contributed by atoms with E-state index in [9.17, 15) is 4.79 Å². The van der Waals surface area contributed by atoms with Crippen molar-refractivity contribution in [2.45, 2.75) is 19.9 Å². The molecule has 1 aliphatic rings. The highest BCUT2D eigenvalue weighted by molar-refractivity contribution is 7.09. The van der Waals surface area contributed by atoms with Crippen LogP contribution in [0.25, 0.3) is 0 Å². The number of benzene rings is 1. The number of hydrogen-bond donors (Lipinski definition) is 1. The molecule has 0 aliphatic carbocycles. The third kappa shape index (κ3) is 4.56. The van der Waals surface area contributed by atoms with Crippen molar-refractivity contribution >= 4 is 23.1 Å². The monoisotopic (exact) mass is 329 g/mol. The van der Waals surface area contributed by atoms with E-state index in [0.717, 1.165) is 50.4 Å². The quantitative estimate of drug-likeness (QED) is 0.930. The first kappa shape index (κ1) is 16.0. The Balaban J connectivity index is 1.53. The van der Waals surface area contributed by atoms with Gasteiger partial charge in [-0.3, -0.25) is 4.90 Å². The van der Waals surface area contributed by atoms with Gasteiger partial charge in [0.1, 0.15) is 0 Å². The number of aryl methyl sites for hydroxylation is 1. The zero-order valence-corrected chi connectivity index (χ0v) is 14.3. The third-order valence-electron chi connectivity index (χ3n) is 4.10. The second kappa shape index (κ2) is 7.62. The zero-order chi connectivity index (χ0) is 16.1. The molecular formula is C18H23N3OS. The molecule has 3 rings (SSSR count). The van der Waals surface area contributed by atoms with Crippen LogP contribution in [0.1, 0.15) is 16.9 Å². The summed E-state index contributed by atoms with van der Waals surface area (Å²) in [7, 11) is 0. The van der Waals surface area contributed by atoms with E-state index in [0.29, 0.717) is 0 Å². The Labute approximate surface area is 141 Å². The van der Waals surface area contributed by atoms with E-state index in [4.69, 9.17) is 0 Å². The second-order valence-corrected chi connectivity index (χ2v) is 7.03. The fourth-order valence-corrected chi connectivity index (χ4v) is 3.63. The number of urea groups is 1. The largest absolute Gasteiger partial charge is 0.323 e. The average molecular weight is 329 g/mol. The maximum absolute atomic E-state index is 12.5. The number of nitrogens with zero attached hydrogens (tertiary/aromatic N) is 2. The number of hydrogen-bond acceptors (Lipinski definition) is 3. The van der Waals surface area contributed by atoms with Crippen LogP contribution in [-0.4, -0.2) is 42.0 Å². The van der Waals surface area contributed by atoms with Crippen molar-refractivity contribution in [3.63, 3.8) is 0 Å². The molecule has 122 valence electrons. The molecule has 1 N–H and O–H groups in total. The van der Waals surface area contributed by atoms with Crippen LogP contribution in [0.2, 0.25) is 0 Å². The summed E-state index contributed by atoms with van der Waals surface area (Å²) >= 11 is 1.80. The number of carbonyl (C=O) groups is 1. The van der Waals surface area contributed by atoms with E-state index in [1.165, 1.54) is 4.88 Å². The summed E-state index contributed by atoms with van der Waals surface area (Å²) in [6.45, 7) is 6.60. The van der Waals surface area contributed by atoms with E-state index < -0.39 is 0 Å². The molecule has 0 atom stereocenters. The summed E-state index contributed by atoms with van der Waals surface area (Å²) in [5.74, 6) is 0. The van der Waals surface area contributed by atoms with E-state index in [1.54, 1.807) is 11.3 Å². The molecule has 0 saturated carbocycles. The standard InChI is InChI=1S/C18H23N3OS/c1-15-5-2-6-16(13-15)19-18(22)21-9-4-8-20(10-11-21)14-17-7-3-12-23-17/h2-3,5-7,12-13H,4,8-11,14H2,1H3,(H,19,22). The number of thiophene rings is 1. The van der Waals surface area contributed by atoms with Crippen LogP contribution in [-0.2, 0) is 6.54 Å². The van der Waals surface area contributed by atoms with Gasteiger partial charge in [-0.15, -0.1) is 11.3 Å². The van der Waals surface area contributed by atoms with Crippen LogP contribution in [0.3, 0.4) is 0 Å². The summed E-state index contributed by atoms with van der Waals surface area (Å²) < 4.78 is 0. The molecule has 23 heavy (non-hydrogen) atoms. The van der Waals surface area contributed by atoms with E-state index in [-0.39, 0.29) is 6.03 Å². The number of rotatable bonds is 3. The summed E-state index contributed by atoms with van der Waals surface area (Å²) in [4.78, 5) is 18.2. The van der Waals surface area contributed by atoms with Crippen LogP contribution < -0.4 is 5.32 Å². The number of carbonyl (C=O) groups excluding carboxylic acids is 1. The molecule has 1 fully saturated rings. The van der Waals surface area contributed by atoms with Crippen molar-refractivity contribution in [2.24, 2.45) is 0 Å². The average Bonchev–Trinajstić information content (AvgIpc) is 2.91. The lowest BCUT2D eigenvalue weighted by molar-refractivity contribution is 0.211. The van der Waals surface area contributed by atoms with Gasteiger partial charge >= 0.3 is 6.03 Å². The molecule has 2 heterocycles. The Morgan fingerprint density at radius 1 is 1.17 bits per heavy atom. The third-order valence-corrected chi connectivity index (χ3v) is 4.97. The number of nitrogens with one attached hydrogen (secondary N) is 1. The predicted molar refractivity (Wildman–Crippen MR) is 96.0 cm³/mol. The van der Waals surface area contributed by atoms with Crippen LogP contribution >= 0.6 is 11.3 Å². The van der Waals surface area contributed by atoms with Crippen molar-refractivity contribution < 1.29 is 4.79 Å². The van der Waals surface area contributed by atoms with Crippen molar-refractivity contribution in [1.29, 1.82) is 0 Å². The van der Waals surface area contributed by atoms with Crippen LogP contribution in [0.4, 0.5) is 10.5 Å². The summed E-state index contributed by atoms with van der Waals surface area (Å²) in [6.07, 6.45) is 1.02. The van der Waals surface area contributed by atoms with Gasteiger partial charge in [0, 0.05) is 43.3 Å². The lowest BCUT2D eigenvalue weighted by Crippen LogP contribution is -2.38. The van der Waals surface area contributed by atoms with Gasteiger partial charge in [0.05, 0.1) is 0 Å². The normalized spacial score (nSPS) is 16.1. The van der Waals surface area contributed by atoms with Gasteiger partial charge in [-0.05, 0) is 42.5 Å². The Morgan fingerprint density at radius 3 is 2.87 bits per heavy atom. The highest BCUT2D eigenvalue weighted by Crippen LogP contribution is 2.15. The van der Waals surface area contributed by atoms with E-state index in [2.05, 4.69) is 27.7 Å². The molecule has 2 aromatic rings. The van der Waals surface area contributed by atoms with Gasteiger partial charge in [0.25, 0.3) is 0 Å². The molecule has 2 amide bonds. The summed E-state index contributed by atoms with van der Waals surface area (Å²) in [5, 5.41) is 5.13. The lowest BCUT2D eigenvalue weighted by atomic mass is 10.2. The first-order chi connectivity index (χ1) is 11.2. The van der Waals surface area contributed by atoms with E-state index in [1.807, 2.05) is 36.1 Å². The van der Waals surface area contributed by atoms with Crippen LogP contribution in [0.15, 0.2) is 41.8 Å². The molecule has 0 spiro atoms. The van der Waals surface area contributed by atoms with Gasteiger partial charge in [-0.25, -0.2) is 4.79 Å². The topological polar surface area (TPSA) is 35.6 Å². The highest BCUT2D eigenvalue weighted by atomic mass is 32.1. The Morgan fingerprint density at radius 2 is 2.09 bits per heavy atom. The minimum absolute atomic E-state index is 0.00794. The lowest BCUT2D eigenvalue weighted by Gasteiger charge is -2.22. The summed E-state index contributed by atoms with van der Waals surface area (Å²) in [5.41, 5.74) is 2.02. The number of anilines is 1. The Kier molecular flexibility index (Phi) is 5.31. The molecule has 0 bridgehead atoms. The fourth-order valence-electron chi connectivity index (χ4n) is 2.88. The number of amides is 2. The van der Waals surface area contributed by atoms with Gasteiger partial charge in [-0.2, -0.15) is 0 Å². The first-order valence-electron chi connectivity index (χ1n) is 8.08. The minimum atomic E-state index is 0.00794. The fraction of sp³-hybridized carbons (Fsp3) is 0.389. The highest BCUT2D eigenvalue weighted by Gasteiger charge is 2.19. The smallest absolute Gasteiger partial charge is 0.321 e. The molecule has 4 nitrogen and oxygen atoms in total. The maximum atomic E-state index is 12.5. The molecule has 1 aromatic heterocycles. The van der Waals surface area contributed by atoms with Crippen molar-refractivity contribution in [3.8, 4) is 0 Å². The summed E-state index contributed by atoms with van der Waals surface area (Å²) in [6, 6.07) is 12.2. The van der Waals surface area contributed by atoms with Crippen LogP contribution in [0, 0.1) is 6.92 Å². The predicted octanol–water partition coefficient (Wildman–Crippen LogP) is 3.80. The molecule has 1 aromatic carbocycles. The second-order valence-electron chi connectivity index (χ2n) is 6.00. The Bertz CT molecular complexity index is 641. The van der Waals surface area contributed by atoms with Crippen LogP contribution in [0.5, 0.6) is 0 Å². The van der Waals surface area contributed by atoms with E-state index >= 15 is 0 Å². The van der Waals surface area contributed by atoms with Gasteiger partial charge in [0.15, 0.2) is 0 Å². The molecule has 1 aliphatic heterocycles. The minimum Gasteiger partial charge on any atom is -0.323 e. The van der Waals surface area contributed by atoms with Crippen molar-refractivity contribution in [1.82, 2.24) is 9.80 Å². The molecule has 5 heteroatoms. The van der Waals surface area contributed by atoms with Crippen molar-refractivity contribution in [2.75, 3.05) is 31.5 Å². The molecule has 0 unspecified atom stereocenters. The first-order valence-corrected chi connectivity index (χ1v) is 8.96. The van der Waals surface area contributed by atoms with Gasteiger partial charge in [-0.1, -0.05) is 18.2 Å². The Hall–Kier alpha value is -1.85. The molecule has 1 saturated heterocycles. The SMILES string of the molecule is Cc1cccc(NC(=O)N2CCCN(Cc3cccs3)CC2)c1. The van der Waals surface area contributed by atoms with Gasteiger partial charge < -0.3 is 10.2 Å². The van der Waals surface area contributed by atoms with Gasteiger partial charge in [0.2, 0.25) is 0 Å². The maximum Gasteiger partial charge on any atom is 0.321 e.